The second-order valence-corrected chi connectivity index (χ2v) is 5.29. The molecule has 0 amide bonds. The first-order chi connectivity index (χ1) is 7.06. The Hall–Kier alpha value is -1.13. The highest BCUT2D eigenvalue weighted by molar-refractivity contribution is 7.91. The molecule has 0 radical (unpaired) electrons. The summed E-state index contributed by atoms with van der Waals surface area (Å²) in [6, 6.07) is 8.30. The summed E-state index contributed by atoms with van der Waals surface area (Å²) < 4.78 is 23.6. The Bertz CT molecular complexity index is 432. The van der Waals surface area contributed by atoms with E-state index < -0.39 is 9.84 Å². The fourth-order valence-electron chi connectivity index (χ4n) is 1.23. The topological polar surface area (TPSA) is 54.4 Å². The SMILES string of the molecule is C/C(=C/CO)CS(=O)(=O)c1ccccc1. The van der Waals surface area contributed by atoms with E-state index in [-0.39, 0.29) is 12.4 Å². The summed E-state index contributed by atoms with van der Waals surface area (Å²) in [4.78, 5) is 0.315. The summed E-state index contributed by atoms with van der Waals surface area (Å²) in [5.41, 5.74) is 0.654. The van der Waals surface area contributed by atoms with E-state index in [1.807, 2.05) is 0 Å². The first-order valence-electron chi connectivity index (χ1n) is 4.60. The van der Waals surface area contributed by atoms with Crippen LogP contribution in [-0.2, 0) is 9.84 Å². The summed E-state index contributed by atoms with van der Waals surface area (Å²) in [5, 5.41) is 8.63. The third-order valence-corrected chi connectivity index (χ3v) is 3.79. The summed E-state index contributed by atoms with van der Waals surface area (Å²) >= 11 is 0. The molecule has 0 atom stereocenters. The molecule has 0 heterocycles. The number of aliphatic hydroxyl groups is 1. The predicted molar refractivity (Wildman–Crippen MR) is 59.3 cm³/mol. The van der Waals surface area contributed by atoms with Crippen molar-refractivity contribution in [1.82, 2.24) is 0 Å². The fraction of sp³-hybridized carbons (Fsp3) is 0.273. The maximum atomic E-state index is 11.8. The van der Waals surface area contributed by atoms with E-state index in [1.54, 1.807) is 37.3 Å². The van der Waals surface area contributed by atoms with Gasteiger partial charge in [0.05, 0.1) is 17.3 Å². The van der Waals surface area contributed by atoms with Crippen molar-refractivity contribution >= 4 is 9.84 Å². The lowest BCUT2D eigenvalue weighted by Crippen LogP contribution is -2.07. The summed E-state index contributed by atoms with van der Waals surface area (Å²) in [6.45, 7) is 1.56. The maximum Gasteiger partial charge on any atom is 0.182 e. The van der Waals surface area contributed by atoms with Crippen LogP contribution in [0.3, 0.4) is 0 Å². The van der Waals surface area contributed by atoms with Gasteiger partial charge in [0.25, 0.3) is 0 Å². The molecule has 0 spiro atoms. The second-order valence-electron chi connectivity index (χ2n) is 3.31. The Morgan fingerprint density at radius 2 is 1.93 bits per heavy atom. The van der Waals surface area contributed by atoms with Crippen molar-refractivity contribution in [3.8, 4) is 0 Å². The molecule has 0 saturated carbocycles. The van der Waals surface area contributed by atoms with Crippen LogP contribution in [0.5, 0.6) is 0 Å². The molecule has 15 heavy (non-hydrogen) atoms. The average Bonchev–Trinajstić information content (AvgIpc) is 2.18. The molecule has 0 aliphatic rings. The molecule has 1 N–H and O–H groups in total. The van der Waals surface area contributed by atoms with Gasteiger partial charge < -0.3 is 5.11 Å². The molecule has 3 nitrogen and oxygen atoms in total. The van der Waals surface area contributed by atoms with Crippen molar-refractivity contribution in [2.45, 2.75) is 11.8 Å². The van der Waals surface area contributed by atoms with Crippen LogP contribution >= 0.6 is 0 Å². The van der Waals surface area contributed by atoms with Crippen molar-refractivity contribution in [2.24, 2.45) is 0 Å². The third kappa shape index (κ3) is 3.49. The standard InChI is InChI=1S/C11H14O3S/c1-10(7-8-12)9-15(13,14)11-5-3-2-4-6-11/h2-7,12H,8-9H2,1H3/b10-7-. The molecular weight excluding hydrogens is 212 g/mol. The molecule has 1 rings (SSSR count). The normalized spacial score (nSPS) is 12.8. The van der Waals surface area contributed by atoms with Gasteiger partial charge in [-0.3, -0.25) is 0 Å². The van der Waals surface area contributed by atoms with E-state index in [0.717, 1.165) is 0 Å². The van der Waals surface area contributed by atoms with Gasteiger partial charge in [0.2, 0.25) is 0 Å². The summed E-state index contributed by atoms with van der Waals surface area (Å²) in [6.07, 6.45) is 1.50. The monoisotopic (exact) mass is 226 g/mol. The summed E-state index contributed by atoms with van der Waals surface area (Å²) in [5.74, 6) is -0.0441. The number of hydrogen-bond donors (Lipinski definition) is 1. The lowest BCUT2D eigenvalue weighted by atomic mass is 10.3. The Kier molecular flexibility index (Phi) is 4.05. The lowest BCUT2D eigenvalue weighted by Gasteiger charge is -2.04. The van der Waals surface area contributed by atoms with Crippen molar-refractivity contribution in [3.63, 3.8) is 0 Å². The van der Waals surface area contributed by atoms with E-state index in [9.17, 15) is 8.42 Å². The van der Waals surface area contributed by atoms with Gasteiger partial charge in [0, 0.05) is 0 Å². The molecule has 0 aliphatic carbocycles. The Morgan fingerprint density at radius 1 is 1.33 bits per heavy atom. The van der Waals surface area contributed by atoms with Crippen LogP contribution in [0.25, 0.3) is 0 Å². The molecule has 4 heteroatoms. The largest absolute Gasteiger partial charge is 0.392 e. The Morgan fingerprint density at radius 3 is 2.47 bits per heavy atom. The quantitative estimate of drug-likeness (QED) is 0.789. The van der Waals surface area contributed by atoms with E-state index in [1.165, 1.54) is 6.08 Å². The van der Waals surface area contributed by atoms with Crippen LogP contribution in [0.4, 0.5) is 0 Å². The molecule has 0 fully saturated rings. The van der Waals surface area contributed by atoms with Gasteiger partial charge >= 0.3 is 0 Å². The molecule has 0 bridgehead atoms. The first kappa shape index (κ1) is 11.9. The number of aliphatic hydroxyl groups excluding tert-OH is 1. The van der Waals surface area contributed by atoms with Gasteiger partial charge in [-0.1, -0.05) is 29.8 Å². The number of rotatable bonds is 4. The molecule has 1 aromatic carbocycles. The minimum absolute atomic E-state index is 0.0441. The summed E-state index contributed by atoms with van der Waals surface area (Å²) in [7, 11) is -3.26. The van der Waals surface area contributed by atoms with Crippen LogP contribution < -0.4 is 0 Å². The molecule has 0 aliphatic heterocycles. The fourth-order valence-corrected chi connectivity index (χ4v) is 2.68. The molecular formula is C11H14O3S. The van der Waals surface area contributed by atoms with Crippen molar-refractivity contribution in [1.29, 1.82) is 0 Å². The lowest BCUT2D eigenvalue weighted by molar-refractivity contribution is 0.342. The van der Waals surface area contributed by atoms with Crippen LogP contribution in [0.15, 0.2) is 46.9 Å². The Labute approximate surface area is 90.0 Å². The minimum atomic E-state index is -3.26. The van der Waals surface area contributed by atoms with Crippen LogP contribution in [-0.4, -0.2) is 25.9 Å². The van der Waals surface area contributed by atoms with Crippen LogP contribution in [0.1, 0.15) is 6.92 Å². The molecule has 0 aromatic heterocycles. The van der Waals surface area contributed by atoms with E-state index in [4.69, 9.17) is 5.11 Å². The van der Waals surface area contributed by atoms with Gasteiger partial charge in [-0.05, 0) is 19.1 Å². The van der Waals surface area contributed by atoms with Gasteiger partial charge in [-0.25, -0.2) is 8.42 Å². The van der Waals surface area contributed by atoms with Crippen molar-refractivity contribution < 1.29 is 13.5 Å². The predicted octanol–water partition coefficient (Wildman–Crippen LogP) is 1.40. The van der Waals surface area contributed by atoms with Crippen LogP contribution in [0.2, 0.25) is 0 Å². The van der Waals surface area contributed by atoms with Crippen molar-refractivity contribution in [2.75, 3.05) is 12.4 Å². The van der Waals surface area contributed by atoms with Gasteiger partial charge in [0.1, 0.15) is 0 Å². The first-order valence-corrected chi connectivity index (χ1v) is 6.26. The van der Waals surface area contributed by atoms with E-state index in [2.05, 4.69) is 0 Å². The molecule has 0 saturated heterocycles. The average molecular weight is 226 g/mol. The zero-order valence-electron chi connectivity index (χ0n) is 8.55. The molecule has 0 unspecified atom stereocenters. The maximum absolute atomic E-state index is 11.8. The van der Waals surface area contributed by atoms with Crippen molar-refractivity contribution in [3.05, 3.63) is 42.0 Å². The highest BCUT2D eigenvalue weighted by atomic mass is 32.2. The zero-order chi connectivity index (χ0) is 11.3. The van der Waals surface area contributed by atoms with Gasteiger partial charge in [-0.2, -0.15) is 0 Å². The molecule has 82 valence electrons. The van der Waals surface area contributed by atoms with Gasteiger partial charge in [-0.15, -0.1) is 0 Å². The minimum Gasteiger partial charge on any atom is -0.392 e. The smallest absolute Gasteiger partial charge is 0.182 e. The highest BCUT2D eigenvalue weighted by Crippen LogP contribution is 2.12. The van der Waals surface area contributed by atoms with E-state index >= 15 is 0 Å². The highest BCUT2D eigenvalue weighted by Gasteiger charge is 2.13. The van der Waals surface area contributed by atoms with E-state index in [0.29, 0.717) is 10.5 Å². The van der Waals surface area contributed by atoms with Gasteiger partial charge in [0.15, 0.2) is 9.84 Å². The zero-order valence-corrected chi connectivity index (χ0v) is 9.37. The Balaban J connectivity index is 2.91. The third-order valence-electron chi connectivity index (χ3n) is 1.96. The van der Waals surface area contributed by atoms with Crippen LogP contribution in [0, 0.1) is 0 Å². The number of hydrogen-bond acceptors (Lipinski definition) is 3. The number of sulfone groups is 1. The molecule has 1 aromatic rings. The second kappa shape index (κ2) is 5.09. The number of benzene rings is 1.